The van der Waals surface area contributed by atoms with Gasteiger partial charge in [0, 0.05) is 5.54 Å². The van der Waals surface area contributed by atoms with E-state index in [-0.39, 0.29) is 10.8 Å². The van der Waals surface area contributed by atoms with Gasteiger partial charge < -0.3 is 5.73 Å². The molecule has 0 unspecified atom stereocenters. The normalized spacial score (nSPS) is 11.8. The standard InChI is InChI=1S/C10H13ClFN/c1-6-4-5-7(10(2,3)13)8(11)9(6)12/h4-5H,13H2,1-3H3. The molecular formula is C10H13ClFN. The lowest BCUT2D eigenvalue weighted by atomic mass is 9.94. The molecule has 0 spiro atoms. The van der Waals surface area contributed by atoms with Crippen LogP contribution in [-0.2, 0) is 5.54 Å². The SMILES string of the molecule is Cc1ccc(C(C)(C)N)c(Cl)c1F. The minimum atomic E-state index is -0.606. The van der Waals surface area contributed by atoms with Crippen molar-refractivity contribution in [2.24, 2.45) is 5.73 Å². The number of aryl methyl sites for hydroxylation is 1. The Morgan fingerprint density at radius 1 is 1.38 bits per heavy atom. The van der Waals surface area contributed by atoms with Crippen LogP contribution in [-0.4, -0.2) is 0 Å². The second-order valence-corrected chi connectivity index (χ2v) is 4.16. The monoisotopic (exact) mass is 201 g/mol. The minimum Gasteiger partial charge on any atom is -0.322 e. The fourth-order valence-electron chi connectivity index (χ4n) is 1.14. The number of nitrogens with two attached hydrogens (primary N) is 1. The van der Waals surface area contributed by atoms with Crippen molar-refractivity contribution >= 4 is 11.6 Å². The molecule has 1 aromatic rings. The van der Waals surface area contributed by atoms with Gasteiger partial charge >= 0.3 is 0 Å². The van der Waals surface area contributed by atoms with Gasteiger partial charge in [-0.15, -0.1) is 0 Å². The molecule has 0 fully saturated rings. The molecule has 0 radical (unpaired) electrons. The van der Waals surface area contributed by atoms with Crippen molar-refractivity contribution in [3.63, 3.8) is 0 Å². The van der Waals surface area contributed by atoms with Crippen LogP contribution in [0.1, 0.15) is 25.0 Å². The van der Waals surface area contributed by atoms with Gasteiger partial charge in [-0.1, -0.05) is 23.7 Å². The molecule has 0 atom stereocenters. The Kier molecular flexibility index (Phi) is 2.64. The van der Waals surface area contributed by atoms with E-state index in [0.717, 1.165) is 0 Å². The quantitative estimate of drug-likeness (QED) is 0.743. The Bertz CT molecular complexity index is 328. The smallest absolute Gasteiger partial charge is 0.145 e. The summed E-state index contributed by atoms with van der Waals surface area (Å²) in [5, 5.41) is 0.132. The molecule has 1 aromatic carbocycles. The van der Waals surface area contributed by atoms with E-state index < -0.39 is 5.54 Å². The van der Waals surface area contributed by atoms with Crippen LogP contribution in [0.15, 0.2) is 12.1 Å². The summed E-state index contributed by atoms with van der Waals surface area (Å²) in [6.45, 7) is 5.26. The second-order valence-electron chi connectivity index (χ2n) is 3.78. The molecule has 72 valence electrons. The Hall–Kier alpha value is -0.600. The van der Waals surface area contributed by atoms with Gasteiger partial charge in [0.05, 0.1) is 5.02 Å². The van der Waals surface area contributed by atoms with Crippen molar-refractivity contribution in [2.45, 2.75) is 26.3 Å². The van der Waals surface area contributed by atoms with Crippen molar-refractivity contribution in [1.82, 2.24) is 0 Å². The summed E-state index contributed by atoms with van der Waals surface area (Å²) in [6, 6.07) is 3.45. The van der Waals surface area contributed by atoms with E-state index >= 15 is 0 Å². The van der Waals surface area contributed by atoms with Crippen LogP contribution in [0.4, 0.5) is 4.39 Å². The molecule has 13 heavy (non-hydrogen) atoms. The highest BCUT2D eigenvalue weighted by Gasteiger charge is 2.20. The number of hydrogen-bond donors (Lipinski definition) is 1. The summed E-state index contributed by atoms with van der Waals surface area (Å²) < 4.78 is 13.3. The number of benzene rings is 1. The molecule has 0 aliphatic rings. The zero-order chi connectivity index (χ0) is 10.2. The van der Waals surface area contributed by atoms with Crippen LogP contribution in [0.5, 0.6) is 0 Å². The van der Waals surface area contributed by atoms with Crippen molar-refractivity contribution in [1.29, 1.82) is 0 Å². The van der Waals surface area contributed by atoms with Crippen LogP contribution in [0.3, 0.4) is 0 Å². The lowest BCUT2D eigenvalue weighted by Gasteiger charge is -2.21. The summed E-state index contributed by atoms with van der Waals surface area (Å²) in [5.41, 5.74) is 6.40. The van der Waals surface area contributed by atoms with Crippen LogP contribution < -0.4 is 5.73 Å². The highest BCUT2D eigenvalue weighted by Crippen LogP contribution is 2.29. The van der Waals surface area contributed by atoms with Gasteiger partial charge in [-0.3, -0.25) is 0 Å². The molecule has 0 aromatic heterocycles. The highest BCUT2D eigenvalue weighted by molar-refractivity contribution is 6.31. The van der Waals surface area contributed by atoms with E-state index in [1.165, 1.54) is 0 Å². The van der Waals surface area contributed by atoms with Crippen molar-refractivity contribution in [3.8, 4) is 0 Å². The summed E-state index contributed by atoms with van der Waals surface area (Å²) in [7, 11) is 0. The zero-order valence-corrected chi connectivity index (χ0v) is 8.74. The molecule has 3 heteroatoms. The summed E-state index contributed by atoms with van der Waals surface area (Å²) in [4.78, 5) is 0. The van der Waals surface area contributed by atoms with Crippen molar-refractivity contribution < 1.29 is 4.39 Å². The molecule has 0 aliphatic heterocycles. The van der Waals surface area contributed by atoms with Crippen molar-refractivity contribution in [3.05, 3.63) is 34.1 Å². The van der Waals surface area contributed by atoms with Crippen LogP contribution in [0, 0.1) is 12.7 Å². The third-order valence-corrected chi connectivity index (χ3v) is 2.34. The second kappa shape index (κ2) is 3.28. The maximum absolute atomic E-state index is 13.3. The Balaban J connectivity index is 3.35. The predicted molar refractivity (Wildman–Crippen MR) is 53.4 cm³/mol. The minimum absolute atomic E-state index is 0.132. The van der Waals surface area contributed by atoms with E-state index in [4.69, 9.17) is 17.3 Å². The number of hydrogen-bond acceptors (Lipinski definition) is 1. The first-order valence-electron chi connectivity index (χ1n) is 4.08. The third-order valence-electron chi connectivity index (χ3n) is 1.97. The summed E-state index contributed by atoms with van der Waals surface area (Å²) in [5.74, 6) is -0.377. The molecule has 1 nitrogen and oxygen atoms in total. The fourth-order valence-corrected chi connectivity index (χ4v) is 1.60. The Morgan fingerprint density at radius 2 is 1.92 bits per heavy atom. The maximum atomic E-state index is 13.3. The van der Waals surface area contributed by atoms with Crippen LogP contribution in [0.2, 0.25) is 5.02 Å². The molecule has 0 saturated carbocycles. The molecular weight excluding hydrogens is 189 g/mol. The average Bonchev–Trinajstić information content (AvgIpc) is 1.98. The topological polar surface area (TPSA) is 26.0 Å². The number of halogens is 2. The lowest BCUT2D eigenvalue weighted by Crippen LogP contribution is -2.29. The summed E-state index contributed by atoms with van der Waals surface area (Å²) >= 11 is 5.83. The molecule has 0 aliphatic carbocycles. The van der Waals surface area contributed by atoms with Gasteiger partial charge in [-0.05, 0) is 31.9 Å². The largest absolute Gasteiger partial charge is 0.322 e. The molecule has 0 heterocycles. The molecule has 0 saturated heterocycles. The van der Waals surface area contributed by atoms with Gasteiger partial charge in [-0.25, -0.2) is 4.39 Å². The zero-order valence-electron chi connectivity index (χ0n) is 7.99. The predicted octanol–water partition coefficient (Wildman–Crippen LogP) is 2.98. The van der Waals surface area contributed by atoms with E-state index in [1.54, 1.807) is 32.9 Å². The van der Waals surface area contributed by atoms with E-state index in [0.29, 0.717) is 11.1 Å². The summed E-state index contributed by atoms with van der Waals surface area (Å²) in [6.07, 6.45) is 0. The van der Waals surface area contributed by atoms with Crippen LogP contribution in [0.25, 0.3) is 0 Å². The first-order valence-corrected chi connectivity index (χ1v) is 4.46. The Morgan fingerprint density at radius 3 is 2.38 bits per heavy atom. The number of rotatable bonds is 1. The first kappa shape index (κ1) is 10.5. The van der Waals surface area contributed by atoms with Gasteiger partial charge in [0.25, 0.3) is 0 Å². The third kappa shape index (κ3) is 2.01. The molecule has 0 amide bonds. The van der Waals surface area contributed by atoms with Gasteiger partial charge in [0.2, 0.25) is 0 Å². The van der Waals surface area contributed by atoms with E-state index in [9.17, 15) is 4.39 Å². The van der Waals surface area contributed by atoms with Crippen molar-refractivity contribution in [2.75, 3.05) is 0 Å². The fraction of sp³-hybridized carbons (Fsp3) is 0.400. The average molecular weight is 202 g/mol. The maximum Gasteiger partial charge on any atom is 0.145 e. The molecule has 0 bridgehead atoms. The van der Waals surface area contributed by atoms with Gasteiger partial charge in [0.15, 0.2) is 0 Å². The molecule has 2 N–H and O–H groups in total. The Labute approximate surface area is 82.7 Å². The van der Waals surface area contributed by atoms with Crippen LogP contribution >= 0.6 is 11.6 Å². The highest BCUT2D eigenvalue weighted by atomic mass is 35.5. The van der Waals surface area contributed by atoms with E-state index in [2.05, 4.69) is 0 Å². The lowest BCUT2D eigenvalue weighted by molar-refractivity contribution is 0.542. The van der Waals surface area contributed by atoms with Gasteiger partial charge in [-0.2, -0.15) is 0 Å². The first-order chi connectivity index (χ1) is 5.84. The molecule has 1 rings (SSSR count). The van der Waals surface area contributed by atoms with Gasteiger partial charge in [0.1, 0.15) is 5.82 Å². The van der Waals surface area contributed by atoms with E-state index in [1.807, 2.05) is 0 Å².